The number of carbonyl (C=O) groups excluding carboxylic acids is 1. The molecule has 0 spiro atoms. The van der Waals surface area contributed by atoms with E-state index < -0.39 is 0 Å². The summed E-state index contributed by atoms with van der Waals surface area (Å²) in [7, 11) is 0. The Morgan fingerprint density at radius 1 is 1.09 bits per heavy atom. The molecule has 0 saturated heterocycles. The third-order valence-electron chi connectivity index (χ3n) is 3.54. The number of carbonyl (C=O) groups is 1. The summed E-state index contributed by atoms with van der Waals surface area (Å²) in [6.45, 7) is 1.44. The highest BCUT2D eigenvalue weighted by Gasteiger charge is 2.08. The van der Waals surface area contributed by atoms with Crippen molar-refractivity contribution in [2.24, 2.45) is 0 Å². The summed E-state index contributed by atoms with van der Waals surface area (Å²) in [4.78, 5) is 20.4. The van der Waals surface area contributed by atoms with E-state index in [0.29, 0.717) is 12.2 Å². The van der Waals surface area contributed by atoms with Crippen molar-refractivity contribution in [1.29, 1.82) is 0 Å². The molecule has 2 aromatic heterocycles. The number of aromatic nitrogens is 3. The van der Waals surface area contributed by atoms with Gasteiger partial charge in [0.15, 0.2) is 0 Å². The molecular formula is C18H18N4O. The van der Waals surface area contributed by atoms with E-state index in [2.05, 4.69) is 15.3 Å². The van der Waals surface area contributed by atoms with Crippen LogP contribution in [0.15, 0.2) is 67.4 Å². The molecule has 0 aliphatic heterocycles. The van der Waals surface area contributed by atoms with E-state index >= 15 is 0 Å². The van der Waals surface area contributed by atoms with Gasteiger partial charge in [-0.3, -0.25) is 9.78 Å². The van der Waals surface area contributed by atoms with E-state index in [-0.39, 0.29) is 5.91 Å². The monoisotopic (exact) mass is 306 g/mol. The molecule has 0 bridgehead atoms. The Kier molecular flexibility index (Phi) is 4.79. The fraction of sp³-hybridized carbons (Fsp3) is 0.167. The number of nitrogens with zero attached hydrogens (tertiary/aromatic N) is 3. The molecule has 1 amide bonds. The summed E-state index contributed by atoms with van der Waals surface area (Å²) >= 11 is 0. The summed E-state index contributed by atoms with van der Waals surface area (Å²) in [6.07, 6.45) is 7.94. The second-order valence-corrected chi connectivity index (χ2v) is 5.21. The zero-order chi connectivity index (χ0) is 15.9. The highest BCUT2D eigenvalue weighted by Crippen LogP contribution is 2.18. The Morgan fingerprint density at radius 2 is 1.96 bits per heavy atom. The van der Waals surface area contributed by atoms with Crippen LogP contribution in [0.3, 0.4) is 0 Å². The van der Waals surface area contributed by atoms with Crippen LogP contribution in [0, 0.1) is 0 Å². The summed E-state index contributed by atoms with van der Waals surface area (Å²) in [5.41, 5.74) is 2.50. The minimum absolute atomic E-state index is 0.145. The Hall–Kier alpha value is -2.95. The highest BCUT2D eigenvalue weighted by molar-refractivity contribution is 5.93. The molecule has 23 heavy (non-hydrogen) atoms. The van der Waals surface area contributed by atoms with Crippen LogP contribution in [0.5, 0.6) is 0 Å². The van der Waals surface area contributed by atoms with Crippen LogP contribution in [-0.2, 0) is 6.54 Å². The van der Waals surface area contributed by atoms with Crippen molar-refractivity contribution in [1.82, 2.24) is 19.9 Å². The molecule has 5 nitrogen and oxygen atoms in total. The van der Waals surface area contributed by atoms with Crippen LogP contribution in [0.2, 0.25) is 0 Å². The van der Waals surface area contributed by atoms with Crippen LogP contribution in [0.1, 0.15) is 16.9 Å². The van der Waals surface area contributed by atoms with Gasteiger partial charge in [0, 0.05) is 31.7 Å². The molecule has 2 heterocycles. The molecule has 3 rings (SSSR count). The molecule has 0 unspecified atom stereocenters. The van der Waals surface area contributed by atoms with Crippen molar-refractivity contribution < 1.29 is 4.79 Å². The van der Waals surface area contributed by atoms with Gasteiger partial charge in [-0.2, -0.15) is 0 Å². The zero-order valence-corrected chi connectivity index (χ0v) is 12.7. The van der Waals surface area contributed by atoms with E-state index in [1.54, 1.807) is 18.7 Å². The number of hydrogen-bond donors (Lipinski definition) is 1. The molecule has 0 atom stereocenters. The lowest BCUT2D eigenvalue weighted by Gasteiger charge is -2.07. The number of aryl methyl sites for hydroxylation is 1. The fourth-order valence-corrected chi connectivity index (χ4v) is 2.34. The smallest absolute Gasteiger partial charge is 0.269 e. The number of benzene rings is 1. The number of amides is 1. The zero-order valence-electron chi connectivity index (χ0n) is 12.7. The number of hydrogen-bond acceptors (Lipinski definition) is 3. The minimum atomic E-state index is -0.145. The summed E-state index contributed by atoms with van der Waals surface area (Å²) in [5, 5.41) is 2.90. The molecule has 1 N–H and O–H groups in total. The normalized spacial score (nSPS) is 10.4. The van der Waals surface area contributed by atoms with Crippen molar-refractivity contribution in [3.63, 3.8) is 0 Å². The Labute approximate surface area is 135 Å². The third kappa shape index (κ3) is 4.03. The molecule has 0 aliphatic rings. The molecular weight excluding hydrogens is 288 g/mol. The first kappa shape index (κ1) is 15.0. The van der Waals surface area contributed by atoms with Gasteiger partial charge >= 0.3 is 0 Å². The van der Waals surface area contributed by atoms with Crippen molar-refractivity contribution in [3.05, 3.63) is 73.1 Å². The van der Waals surface area contributed by atoms with Crippen molar-refractivity contribution >= 4 is 5.91 Å². The van der Waals surface area contributed by atoms with Gasteiger partial charge in [0.1, 0.15) is 5.69 Å². The quantitative estimate of drug-likeness (QED) is 0.712. The lowest BCUT2D eigenvalue weighted by Crippen LogP contribution is -2.26. The van der Waals surface area contributed by atoms with Crippen molar-refractivity contribution in [2.45, 2.75) is 13.0 Å². The largest absolute Gasteiger partial charge is 0.351 e. The van der Waals surface area contributed by atoms with E-state index in [1.807, 2.05) is 53.2 Å². The maximum absolute atomic E-state index is 12.2. The summed E-state index contributed by atoms with van der Waals surface area (Å²) in [6, 6.07) is 13.7. The van der Waals surface area contributed by atoms with Gasteiger partial charge < -0.3 is 9.88 Å². The average molecular weight is 306 g/mol. The van der Waals surface area contributed by atoms with E-state index in [1.165, 1.54) is 0 Å². The molecule has 0 radical (unpaired) electrons. The second kappa shape index (κ2) is 7.35. The maximum Gasteiger partial charge on any atom is 0.269 e. The lowest BCUT2D eigenvalue weighted by molar-refractivity contribution is 0.0948. The molecule has 0 fully saturated rings. The van der Waals surface area contributed by atoms with Crippen LogP contribution in [0.4, 0.5) is 0 Å². The predicted octanol–water partition coefficient (Wildman–Crippen LogP) is 2.77. The molecule has 0 aliphatic carbocycles. The Morgan fingerprint density at radius 3 is 2.74 bits per heavy atom. The molecule has 116 valence electrons. The molecule has 3 aromatic rings. The van der Waals surface area contributed by atoms with Crippen molar-refractivity contribution in [2.75, 3.05) is 6.54 Å². The molecule has 5 heteroatoms. The van der Waals surface area contributed by atoms with Crippen LogP contribution in [-0.4, -0.2) is 27.0 Å². The standard InChI is InChI=1S/C18H18N4O/c23-18(21-8-4-11-22-12-10-19-14-22)17-13-16(7-9-20-17)15-5-2-1-3-6-15/h1-3,5-7,9-10,12-14H,4,8,11H2,(H,21,23). The summed E-state index contributed by atoms with van der Waals surface area (Å²) < 4.78 is 1.99. The first-order chi connectivity index (χ1) is 11.3. The number of rotatable bonds is 6. The molecule has 0 saturated carbocycles. The SMILES string of the molecule is O=C(NCCCn1ccnc1)c1cc(-c2ccccc2)ccn1. The van der Waals surface area contributed by atoms with Gasteiger partial charge in [0.2, 0.25) is 0 Å². The Balaban J connectivity index is 1.57. The summed E-state index contributed by atoms with van der Waals surface area (Å²) in [5.74, 6) is -0.145. The van der Waals surface area contributed by atoms with Crippen LogP contribution < -0.4 is 5.32 Å². The first-order valence-electron chi connectivity index (χ1n) is 7.58. The fourth-order valence-electron chi connectivity index (χ4n) is 2.34. The van der Waals surface area contributed by atoms with Gasteiger partial charge in [-0.05, 0) is 29.7 Å². The van der Waals surface area contributed by atoms with E-state index in [4.69, 9.17) is 0 Å². The van der Waals surface area contributed by atoms with Crippen LogP contribution >= 0.6 is 0 Å². The van der Waals surface area contributed by atoms with E-state index in [0.717, 1.165) is 24.1 Å². The number of nitrogens with one attached hydrogen (secondary N) is 1. The van der Waals surface area contributed by atoms with Gasteiger partial charge in [-0.15, -0.1) is 0 Å². The minimum Gasteiger partial charge on any atom is -0.351 e. The number of pyridine rings is 1. The topological polar surface area (TPSA) is 59.8 Å². The van der Waals surface area contributed by atoms with Gasteiger partial charge in [-0.25, -0.2) is 4.98 Å². The maximum atomic E-state index is 12.2. The third-order valence-corrected chi connectivity index (χ3v) is 3.54. The van der Waals surface area contributed by atoms with Gasteiger partial charge in [0.05, 0.1) is 6.33 Å². The number of imidazole rings is 1. The second-order valence-electron chi connectivity index (χ2n) is 5.21. The lowest BCUT2D eigenvalue weighted by atomic mass is 10.1. The average Bonchev–Trinajstić information content (AvgIpc) is 3.13. The van der Waals surface area contributed by atoms with E-state index in [9.17, 15) is 4.79 Å². The van der Waals surface area contributed by atoms with Gasteiger partial charge in [0.25, 0.3) is 5.91 Å². The van der Waals surface area contributed by atoms with Crippen LogP contribution in [0.25, 0.3) is 11.1 Å². The molecule has 1 aromatic carbocycles. The van der Waals surface area contributed by atoms with Crippen molar-refractivity contribution in [3.8, 4) is 11.1 Å². The highest BCUT2D eigenvalue weighted by atomic mass is 16.1. The Bertz CT molecular complexity index is 754. The first-order valence-corrected chi connectivity index (χ1v) is 7.58. The van der Waals surface area contributed by atoms with Gasteiger partial charge in [-0.1, -0.05) is 30.3 Å². The predicted molar refractivity (Wildman–Crippen MR) is 88.9 cm³/mol.